The minimum Gasteiger partial charge on any atom is -0.872 e. The fraction of sp³-hybridized carbons (Fsp3) is 0.391. The molecule has 1 aromatic carbocycles. The van der Waals surface area contributed by atoms with E-state index in [2.05, 4.69) is 13.8 Å². The van der Waals surface area contributed by atoms with Crippen molar-refractivity contribution in [1.29, 1.82) is 0 Å². The first kappa shape index (κ1) is 23.3. The van der Waals surface area contributed by atoms with Crippen LogP contribution in [-0.4, -0.2) is 49.9 Å². The van der Waals surface area contributed by atoms with Crippen LogP contribution in [-0.2, 0) is 9.59 Å². The number of nitrogens with one attached hydrogen (secondary N) is 1. The van der Waals surface area contributed by atoms with Crippen molar-refractivity contribution in [2.24, 2.45) is 0 Å². The fourth-order valence-electron chi connectivity index (χ4n) is 3.91. The van der Waals surface area contributed by atoms with E-state index in [9.17, 15) is 14.7 Å². The van der Waals surface area contributed by atoms with E-state index in [1.54, 1.807) is 17.0 Å². The second-order valence-corrected chi connectivity index (χ2v) is 8.78. The van der Waals surface area contributed by atoms with Crippen molar-refractivity contribution < 1.29 is 24.3 Å². The van der Waals surface area contributed by atoms with Gasteiger partial charge in [-0.05, 0) is 43.0 Å². The van der Waals surface area contributed by atoms with Gasteiger partial charge in [0.2, 0.25) is 5.78 Å². The highest BCUT2D eigenvalue weighted by Gasteiger charge is 2.44. The zero-order valence-electron chi connectivity index (χ0n) is 17.9. The predicted octanol–water partition coefficient (Wildman–Crippen LogP) is 1.95. The monoisotopic (exact) mass is 462 g/mol. The van der Waals surface area contributed by atoms with Gasteiger partial charge < -0.3 is 19.6 Å². The Morgan fingerprint density at radius 2 is 2.00 bits per heavy atom. The van der Waals surface area contributed by atoms with Crippen LogP contribution in [0.2, 0.25) is 5.02 Å². The fourth-order valence-corrected chi connectivity index (χ4v) is 5.01. The number of Topliss-reactive ketones (excluding diaryl/α,β-unsaturated/α-hetero) is 1. The summed E-state index contributed by atoms with van der Waals surface area (Å²) >= 11 is 7.62. The summed E-state index contributed by atoms with van der Waals surface area (Å²) in [4.78, 5) is 29.6. The smallest absolute Gasteiger partial charge is 0.295 e. The van der Waals surface area contributed by atoms with Crippen molar-refractivity contribution in [2.75, 3.05) is 33.3 Å². The van der Waals surface area contributed by atoms with Crippen LogP contribution >= 0.6 is 22.9 Å². The Balaban J connectivity index is 1.98. The van der Waals surface area contributed by atoms with Crippen molar-refractivity contribution in [3.63, 3.8) is 0 Å². The first-order chi connectivity index (χ1) is 14.9. The quantitative estimate of drug-likeness (QED) is 0.351. The lowest BCUT2D eigenvalue weighted by Crippen LogP contribution is -3.11. The Bertz CT molecular complexity index is 970. The first-order valence-electron chi connectivity index (χ1n) is 10.4. The van der Waals surface area contributed by atoms with Gasteiger partial charge in [0.05, 0.1) is 37.8 Å². The molecule has 2 aromatic rings. The number of carbonyl (C=O) groups is 2. The molecule has 1 aliphatic heterocycles. The number of thiophene rings is 1. The van der Waals surface area contributed by atoms with Crippen LogP contribution in [0.1, 0.15) is 36.8 Å². The van der Waals surface area contributed by atoms with Crippen molar-refractivity contribution in [1.82, 2.24) is 4.90 Å². The third kappa shape index (κ3) is 4.79. The average molecular weight is 463 g/mol. The summed E-state index contributed by atoms with van der Waals surface area (Å²) in [7, 11) is 1.49. The Labute approximate surface area is 191 Å². The first-order valence-corrected chi connectivity index (χ1v) is 11.7. The van der Waals surface area contributed by atoms with Crippen LogP contribution in [0.4, 0.5) is 0 Å². The average Bonchev–Trinajstić information content (AvgIpc) is 3.38. The molecule has 2 heterocycles. The number of rotatable bonds is 9. The van der Waals surface area contributed by atoms with Gasteiger partial charge in [-0.15, -0.1) is 11.3 Å². The summed E-state index contributed by atoms with van der Waals surface area (Å²) in [6.45, 7) is 7.60. The van der Waals surface area contributed by atoms with E-state index < -0.39 is 23.5 Å². The molecule has 0 saturated carbocycles. The molecule has 0 aliphatic carbocycles. The second-order valence-electron chi connectivity index (χ2n) is 7.40. The molecule has 1 atom stereocenters. The number of halogens is 1. The van der Waals surface area contributed by atoms with Crippen LogP contribution in [0.5, 0.6) is 5.75 Å². The molecule has 3 rings (SSSR count). The Kier molecular flexibility index (Phi) is 7.75. The largest absolute Gasteiger partial charge is 0.872 e. The molecule has 1 unspecified atom stereocenters. The molecular weight excluding hydrogens is 436 g/mol. The van der Waals surface area contributed by atoms with Crippen LogP contribution in [0.3, 0.4) is 0 Å². The minimum absolute atomic E-state index is 0.0103. The molecule has 0 radical (unpaired) electrons. The highest BCUT2D eigenvalue weighted by molar-refractivity contribution is 7.10. The van der Waals surface area contributed by atoms with Gasteiger partial charge in [-0.3, -0.25) is 9.59 Å². The highest BCUT2D eigenvalue weighted by Crippen LogP contribution is 2.41. The van der Waals surface area contributed by atoms with E-state index >= 15 is 0 Å². The topological polar surface area (TPSA) is 74.1 Å². The number of benzene rings is 1. The summed E-state index contributed by atoms with van der Waals surface area (Å²) in [5.41, 5.74) is 0.252. The molecule has 1 aliphatic rings. The maximum Gasteiger partial charge on any atom is 0.295 e. The van der Waals surface area contributed by atoms with Crippen molar-refractivity contribution in [3.8, 4) is 5.75 Å². The number of quaternary nitrogens is 1. The number of ketones is 1. The van der Waals surface area contributed by atoms with Crippen molar-refractivity contribution >= 4 is 40.4 Å². The van der Waals surface area contributed by atoms with E-state index in [-0.39, 0.29) is 16.2 Å². The molecule has 1 saturated heterocycles. The molecule has 31 heavy (non-hydrogen) atoms. The number of carbonyl (C=O) groups excluding carboxylic acids is 2. The van der Waals surface area contributed by atoms with E-state index in [0.29, 0.717) is 12.3 Å². The summed E-state index contributed by atoms with van der Waals surface area (Å²) in [5, 5.41) is 15.5. The van der Waals surface area contributed by atoms with Crippen LogP contribution in [0.15, 0.2) is 41.3 Å². The van der Waals surface area contributed by atoms with Gasteiger partial charge in [0.15, 0.2) is 0 Å². The second kappa shape index (κ2) is 10.3. The number of ether oxygens (including phenoxy) is 1. The summed E-state index contributed by atoms with van der Waals surface area (Å²) in [6.07, 6.45) is 0.758. The molecule has 8 heteroatoms. The summed E-state index contributed by atoms with van der Waals surface area (Å²) in [5.74, 6) is -1.38. The molecule has 0 spiro atoms. The molecule has 166 valence electrons. The Hall–Kier alpha value is -2.35. The SMILES string of the molecule is CC[NH+](CC)CCCN1C(=O)C(=O)/C(=C(/[O-])c2ccc(OC)c(Cl)c2)C1c1cccs1. The standard InChI is InChI=1S/C23H27ClN2O4S/c1-4-25(5-2)11-7-12-26-20(18-8-6-13-31-18)19(22(28)23(26)29)21(27)15-9-10-17(30-3)16(24)14-15/h6,8-10,13-14,20,27H,4-5,7,11-12H2,1-3H3/b21-19+. The summed E-state index contributed by atoms with van der Waals surface area (Å²) < 4.78 is 5.14. The predicted molar refractivity (Wildman–Crippen MR) is 120 cm³/mol. The number of hydrogen-bond donors (Lipinski definition) is 1. The number of methoxy groups -OCH3 is 1. The molecule has 0 bridgehead atoms. The van der Waals surface area contributed by atoms with Crippen molar-refractivity contribution in [2.45, 2.75) is 26.3 Å². The van der Waals surface area contributed by atoms with E-state index in [4.69, 9.17) is 16.3 Å². The van der Waals surface area contributed by atoms with Gasteiger partial charge in [-0.25, -0.2) is 0 Å². The van der Waals surface area contributed by atoms with Crippen molar-refractivity contribution in [3.05, 3.63) is 56.7 Å². The lowest BCUT2D eigenvalue weighted by atomic mass is 9.99. The lowest BCUT2D eigenvalue weighted by Gasteiger charge is -2.27. The third-order valence-corrected chi connectivity index (χ3v) is 6.91. The highest BCUT2D eigenvalue weighted by atomic mass is 35.5. The van der Waals surface area contributed by atoms with Crippen LogP contribution in [0, 0.1) is 0 Å². The molecule has 1 N–H and O–H groups in total. The number of nitrogens with zero attached hydrogens (tertiary/aromatic N) is 1. The lowest BCUT2D eigenvalue weighted by molar-refractivity contribution is -0.896. The van der Waals surface area contributed by atoms with Gasteiger partial charge in [0.1, 0.15) is 5.75 Å². The molecule has 1 fully saturated rings. The number of amides is 1. The maximum absolute atomic E-state index is 13.3. The third-order valence-electron chi connectivity index (χ3n) is 5.69. The Morgan fingerprint density at radius 1 is 1.26 bits per heavy atom. The maximum atomic E-state index is 13.3. The zero-order chi connectivity index (χ0) is 22.5. The summed E-state index contributed by atoms with van der Waals surface area (Å²) in [6, 6.07) is 7.68. The molecule has 6 nitrogen and oxygen atoms in total. The molecule has 1 amide bonds. The molecule has 1 aromatic heterocycles. The number of hydrogen-bond acceptors (Lipinski definition) is 5. The van der Waals surface area contributed by atoms with Crippen LogP contribution < -0.4 is 14.7 Å². The van der Waals surface area contributed by atoms with E-state index in [0.717, 1.165) is 30.9 Å². The zero-order valence-corrected chi connectivity index (χ0v) is 19.5. The van der Waals surface area contributed by atoms with Gasteiger partial charge in [-0.2, -0.15) is 0 Å². The molecular formula is C23H27ClN2O4S. The van der Waals surface area contributed by atoms with E-state index in [1.165, 1.54) is 29.4 Å². The van der Waals surface area contributed by atoms with Crippen LogP contribution in [0.25, 0.3) is 5.76 Å². The van der Waals surface area contributed by atoms with Gasteiger partial charge in [0, 0.05) is 23.4 Å². The van der Waals surface area contributed by atoms with Gasteiger partial charge in [0.25, 0.3) is 5.91 Å². The van der Waals surface area contributed by atoms with Gasteiger partial charge in [-0.1, -0.05) is 29.5 Å². The number of likely N-dealkylation sites (tertiary alicyclic amines) is 1. The Morgan fingerprint density at radius 3 is 2.58 bits per heavy atom. The van der Waals surface area contributed by atoms with Gasteiger partial charge >= 0.3 is 0 Å². The minimum atomic E-state index is -0.731. The van der Waals surface area contributed by atoms with E-state index in [1.807, 2.05) is 17.5 Å². The normalized spacial score (nSPS) is 18.2.